The Hall–Kier alpha value is -3.22. The van der Waals surface area contributed by atoms with Crippen LogP contribution in [0.3, 0.4) is 0 Å². The molecule has 3 aromatic rings. The third-order valence-electron chi connectivity index (χ3n) is 7.53. The van der Waals surface area contributed by atoms with E-state index in [0.29, 0.717) is 35.3 Å². The highest BCUT2D eigenvalue weighted by Gasteiger charge is 2.56. The van der Waals surface area contributed by atoms with Crippen LogP contribution in [0.4, 0.5) is 0 Å². The third kappa shape index (κ3) is 5.33. The van der Waals surface area contributed by atoms with Gasteiger partial charge in [-0.1, -0.05) is 41.9 Å². The van der Waals surface area contributed by atoms with E-state index in [1.165, 1.54) is 0 Å². The SMILES string of the molecule is CC(C)(Oc1ccc(Cl)cc1)[C@@H]1O[C@@H]2c3ccc(OCc4ccccc4)cc3OC(C)(C)[C@H]2C[C@@H]1C(=O)O. The fourth-order valence-electron chi connectivity index (χ4n) is 5.58. The minimum absolute atomic E-state index is 0.158. The van der Waals surface area contributed by atoms with Crippen molar-refractivity contribution in [2.24, 2.45) is 11.8 Å². The van der Waals surface area contributed by atoms with E-state index < -0.39 is 29.2 Å². The van der Waals surface area contributed by atoms with Gasteiger partial charge >= 0.3 is 5.97 Å². The van der Waals surface area contributed by atoms with Gasteiger partial charge in [0.15, 0.2) is 0 Å². The van der Waals surface area contributed by atoms with E-state index >= 15 is 0 Å². The number of fused-ring (bicyclic) bond motifs is 3. The Balaban J connectivity index is 1.43. The summed E-state index contributed by atoms with van der Waals surface area (Å²) >= 11 is 6.03. The molecule has 2 aliphatic rings. The molecule has 1 fully saturated rings. The van der Waals surface area contributed by atoms with E-state index in [4.69, 9.17) is 30.5 Å². The average Bonchev–Trinajstić information content (AvgIpc) is 2.88. The Bertz CT molecular complexity index is 1290. The van der Waals surface area contributed by atoms with Crippen LogP contribution in [0, 0.1) is 11.8 Å². The van der Waals surface area contributed by atoms with Gasteiger partial charge in [-0.3, -0.25) is 4.79 Å². The molecule has 38 heavy (non-hydrogen) atoms. The van der Waals surface area contributed by atoms with Crippen LogP contribution in [-0.2, 0) is 16.1 Å². The first kappa shape index (κ1) is 26.4. The molecule has 0 bridgehead atoms. The summed E-state index contributed by atoms with van der Waals surface area (Å²) in [5, 5.41) is 10.8. The van der Waals surface area contributed by atoms with Gasteiger partial charge in [-0.05, 0) is 76.1 Å². The topological polar surface area (TPSA) is 74.2 Å². The highest BCUT2D eigenvalue weighted by molar-refractivity contribution is 6.30. The first-order valence-corrected chi connectivity index (χ1v) is 13.2. The number of hydrogen-bond acceptors (Lipinski definition) is 5. The van der Waals surface area contributed by atoms with E-state index in [1.807, 2.05) is 76.2 Å². The number of rotatable bonds is 7. The first-order chi connectivity index (χ1) is 18.0. The van der Waals surface area contributed by atoms with Crippen molar-refractivity contribution in [1.82, 2.24) is 0 Å². The monoisotopic (exact) mass is 536 g/mol. The van der Waals surface area contributed by atoms with Crippen LogP contribution in [-0.4, -0.2) is 28.4 Å². The minimum atomic E-state index is -0.927. The summed E-state index contributed by atoms with van der Waals surface area (Å²) in [5.41, 5.74) is 0.392. The van der Waals surface area contributed by atoms with Gasteiger partial charge in [0.25, 0.3) is 0 Å². The number of carboxylic acids is 1. The second-order valence-electron chi connectivity index (χ2n) is 11.1. The Kier molecular flexibility index (Phi) is 7.05. The number of halogens is 1. The lowest BCUT2D eigenvalue weighted by Crippen LogP contribution is -2.58. The quantitative estimate of drug-likeness (QED) is 0.347. The summed E-state index contributed by atoms with van der Waals surface area (Å²) in [7, 11) is 0. The van der Waals surface area contributed by atoms with Gasteiger partial charge in [0, 0.05) is 22.6 Å². The molecule has 6 nitrogen and oxygen atoms in total. The lowest BCUT2D eigenvalue weighted by Gasteiger charge is -2.52. The molecule has 0 saturated carbocycles. The van der Waals surface area contributed by atoms with Gasteiger partial charge in [0.2, 0.25) is 0 Å². The molecule has 3 aromatic carbocycles. The predicted molar refractivity (Wildman–Crippen MR) is 145 cm³/mol. The fourth-order valence-corrected chi connectivity index (χ4v) is 5.70. The normalized spacial score (nSPS) is 23.9. The standard InChI is InChI=1S/C31H33ClO6/c1-30(2)25-17-24(29(33)34)28(31(3,4)37-21-12-10-20(32)11-13-21)36-27(25)23-15-14-22(16-26(23)38-30)35-18-19-8-6-5-7-9-19/h5-16,24-25,27-28H,17-18H2,1-4H3,(H,33,34)/t24-,25-,27+,28+/m0/s1. The Labute approximate surface area is 228 Å². The summed E-state index contributed by atoms with van der Waals surface area (Å²) in [6.07, 6.45) is -0.658. The van der Waals surface area contributed by atoms with Crippen molar-refractivity contribution in [3.63, 3.8) is 0 Å². The molecule has 0 aromatic heterocycles. The van der Waals surface area contributed by atoms with Crippen molar-refractivity contribution in [3.05, 3.63) is 88.9 Å². The third-order valence-corrected chi connectivity index (χ3v) is 7.79. The van der Waals surface area contributed by atoms with Gasteiger partial charge in [-0.15, -0.1) is 0 Å². The van der Waals surface area contributed by atoms with Gasteiger partial charge in [-0.25, -0.2) is 0 Å². The van der Waals surface area contributed by atoms with E-state index in [1.54, 1.807) is 24.3 Å². The molecule has 1 N–H and O–H groups in total. The zero-order chi connectivity index (χ0) is 27.1. The smallest absolute Gasteiger partial charge is 0.309 e. The number of carboxylic acid groups (broad SMARTS) is 1. The van der Waals surface area contributed by atoms with Crippen LogP contribution in [0.1, 0.15) is 51.3 Å². The minimum Gasteiger partial charge on any atom is -0.489 e. The van der Waals surface area contributed by atoms with Gasteiger partial charge < -0.3 is 24.1 Å². The molecule has 1 saturated heterocycles. The molecular formula is C31H33ClO6. The van der Waals surface area contributed by atoms with Crippen LogP contribution in [0.25, 0.3) is 0 Å². The van der Waals surface area contributed by atoms with Gasteiger partial charge in [0.05, 0.1) is 12.0 Å². The van der Waals surface area contributed by atoms with Gasteiger partial charge in [0.1, 0.15) is 41.2 Å². The Morgan fingerprint density at radius 2 is 1.74 bits per heavy atom. The average molecular weight is 537 g/mol. The van der Waals surface area contributed by atoms with Gasteiger partial charge in [-0.2, -0.15) is 0 Å². The summed E-state index contributed by atoms with van der Waals surface area (Å²) < 4.78 is 25.5. The molecule has 5 rings (SSSR count). The second-order valence-corrected chi connectivity index (χ2v) is 11.5. The van der Waals surface area contributed by atoms with E-state index in [2.05, 4.69) is 0 Å². The van der Waals surface area contributed by atoms with Crippen molar-refractivity contribution in [2.75, 3.05) is 0 Å². The highest BCUT2D eigenvalue weighted by atomic mass is 35.5. The lowest BCUT2D eigenvalue weighted by molar-refractivity contribution is -0.219. The highest BCUT2D eigenvalue weighted by Crippen LogP contribution is 2.54. The predicted octanol–water partition coefficient (Wildman–Crippen LogP) is 7.09. The van der Waals surface area contributed by atoms with Crippen LogP contribution in [0.5, 0.6) is 17.2 Å². The molecule has 2 heterocycles. The lowest BCUT2D eigenvalue weighted by atomic mass is 9.70. The fraction of sp³-hybridized carbons (Fsp3) is 0.387. The largest absolute Gasteiger partial charge is 0.489 e. The van der Waals surface area contributed by atoms with Crippen molar-refractivity contribution in [1.29, 1.82) is 0 Å². The number of aliphatic carboxylic acids is 1. The van der Waals surface area contributed by atoms with Crippen LogP contribution >= 0.6 is 11.6 Å². The zero-order valence-electron chi connectivity index (χ0n) is 22.0. The van der Waals surface area contributed by atoms with Crippen molar-refractivity contribution >= 4 is 17.6 Å². The maximum atomic E-state index is 12.5. The van der Waals surface area contributed by atoms with Crippen molar-refractivity contribution in [2.45, 2.75) is 64.1 Å². The second kappa shape index (κ2) is 10.2. The van der Waals surface area contributed by atoms with E-state index in [-0.39, 0.29) is 12.0 Å². The van der Waals surface area contributed by atoms with Crippen LogP contribution in [0.2, 0.25) is 5.02 Å². The number of hydrogen-bond donors (Lipinski definition) is 1. The van der Waals surface area contributed by atoms with E-state index in [9.17, 15) is 9.90 Å². The molecule has 0 spiro atoms. The molecule has 0 unspecified atom stereocenters. The van der Waals surface area contributed by atoms with Crippen molar-refractivity contribution in [3.8, 4) is 17.2 Å². The Morgan fingerprint density at radius 3 is 2.42 bits per heavy atom. The van der Waals surface area contributed by atoms with Crippen LogP contribution < -0.4 is 14.2 Å². The number of ether oxygens (including phenoxy) is 4. The molecule has 2 aliphatic heterocycles. The summed E-state index contributed by atoms with van der Waals surface area (Å²) in [4.78, 5) is 12.5. The summed E-state index contributed by atoms with van der Waals surface area (Å²) in [6, 6.07) is 22.8. The van der Waals surface area contributed by atoms with E-state index in [0.717, 1.165) is 11.1 Å². The molecule has 4 atom stereocenters. The maximum absolute atomic E-state index is 12.5. The number of carbonyl (C=O) groups is 1. The molecule has 200 valence electrons. The number of benzene rings is 3. The maximum Gasteiger partial charge on any atom is 0.309 e. The molecule has 0 aliphatic carbocycles. The molecular weight excluding hydrogens is 504 g/mol. The Morgan fingerprint density at radius 1 is 1.05 bits per heavy atom. The molecule has 0 amide bonds. The molecule has 7 heteroatoms. The van der Waals surface area contributed by atoms with Crippen molar-refractivity contribution < 1.29 is 28.8 Å². The van der Waals surface area contributed by atoms with Crippen LogP contribution in [0.15, 0.2) is 72.8 Å². The summed E-state index contributed by atoms with van der Waals surface area (Å²) in [5.74, 6) is 0.149. The first-order valence-electron chi connectivity index (χ1n) is 12.9. The molecule has 0 radical (unpaired) electrons. The zero-order valence-corrected chi connectivity index (χ0v) is 22.8. The summed E-state index contributed by atoms with van der Waals surface area (Å²) in [6.45, 7) is 8.17.